The minimum absolute atomic E-state index is 0.255. The molecule has 0 saturated carbocycles. The van der Waals surface area contributed by atoms with Gasteiger partial charge in [-0.3, -0.25) is 18.7 Å². The molecule has 0 unspecified atom stereocenters. The fraction of sp³-hybridized carbons (Fsp3) is 0. The minimum Gasteiger partial charge on any atom is -0.308 e. The van der Waals surface area contributed by atoms with E-state index in [2.05, 4.69) is 373 Å². The average Bonchev–Trinajstić information content (AvgIpc) is 1.52. The quantitative estimate of drug-likeness (QED) is 0.154. The number of rotatable bonds is 7. The highest BCUT2D eigenvalue weighted by molar-refractivity contribution is 6.39. The van der Waals surface area contributed by atoms with Gasteiger partial charge in [-0.05, 0) is 182 Å². The Morgan fingerprint density at radius 2 is 0.642 bits per heavy atom. The average molecular weight is 1700 g/mol. The SMILES string of the molecule is N#Cc1nc2ccccc2nc1-n1c2cc3ccccc3cc2c2cc3c4c(-c5ccc6nc(-n7c8cc9ccccc9cc8c8cc9c%10cc(-c%11cncc(-c%12nc(-n%13c%14cc%15ccccc%15cc%14c%14cc%15c%16ccccc%16n%16c%17ccccc%17c(c%14%13)c%15%16)nc%13ccccc%12%13)c%11)ccc%10n%10c%11ccccc%11c(c87)c9%10)c(-c7ccccc7)nc6c5)cccc4n4c5ccccc5c(c21)c34. The van der Waals surface area contributed by atoms with Crippen molar-refractivity contribution in [1.82, 2.24) is 61.8 Å². The number of benzene rings is 19. The molecule has 0 amide bonds. The van der Waals surface area contributed by atoms with E-state index in [4.69, 9.17) is 34.9 Å². The molecular formula is C120H62N14. The number of aromatic nitrogens is 13. The monoisotopic (exact) mass is 1700 g/mol. The summed E-state index contributed by atoms with van der Waals surface area (Å²) < 4.78 is 14.4. The largest absolute Gasteiger partial charge is 0.308 e. The van der Waals surface area contributed by atoms with E-state index in [0.717, 1.165) is 247 Å². The van der Waals surface area contributed by atoms with Crippen molar-refractivity contribution >= 4 is 245 Å². The summed E-state index contributed by atoms with van der Waals surface area (Å²) in [5.41, 5.74) is 27.7. The number of fused-ring (bicyclic) bond motifs is 36. The normalized spacial score (nSPS) is 12.6. The van der Waals surface area contributed by atoms with Crippen molar-refractivity contribution in [3.05, 3.63) is 382 Å². The second-order valence-electron chi connectivity index (χ2n) is 36.1. The van der Waals surface area contributed by atoms with Crippen LogP contribution in [0.15, 0.2) is 376 Å². The molecule has 0 radical (unpaired) electrons. The Morgan fingerprint density at radius 3 is 1.25 bits per heavy atom. The fourth-order valence-electron chi connectivity index (χ4n) is 23.8. The Balaban J connectivity index is 0.587. The lowest BCUT2D eigenvalue weighted by Crippen LogP contribution is -2.04. The lowest BCUT2D eigenvalue weighted by molar-refractivity contribution is 1.02. The summed E-state index contributed by atoms with van der Waals surface area (Å²) in [6.07, 6.45) is 3.97. The van der Waals surface area contributed by atoms with Gasteiger partial charge in [0.25, 0.3) is 0 Å². The molecule has 13 heterocycles. The maximum absolute atomic E-state index is 11.1. The van der Waals surface area contributed by atoms with Gasteiger partial charge in [-0.2, -0.15) is 5.26 Å². The molecule has 19 aromatic carbocycles. The van der Waals surface area contributed by atoms with E-state index < -0.39 is 0 Å². The molecule has 0 N–H and O–H groups in total. The summed E-state index contributed by atoms with van der Waals surface area (Å²) in [5.74, 6) is 1.81. The van der Waals surface area contributed by atoms with Crippen molar-refractivity contribution in [2.75, 3.05) is 0 Å². The Labute approximate surface area is 757 Å². The lowest BCUT2D eigenvalue weighted by Gasteiger charge is -2.15. The highest BCUT2D eigenvalue weighted by Gasteiger charge is 2.33. The van der Waals surface area contributed by atoms with Crippen LogP contribution in [0.4, 0.5) is 0 Å². The molecule has 0 saturated heterocycles. The predicted molar refractivity (Wildman–Crippen MR) is 549 cm³/mol. The molecule has 0 spiro atoms. The minimum atomic E-state index is 0.255. The van der Waals surface area contributed by atoms with Gasteiger partial charge in [0.05, 0.1) is 116 Å². The lowest BCUT2D eigenvalue weighted by atomic mass is 9.96. The van der Waals surface area contributed by atoms with Crippen molar-refractivity contribution in [3.63, 3.8) is 0 Å². The van der Waals surface area contributed by atoms with Crippen LogP contribution in [0.5, 0.6) is 0 Å². The van der Waals surface area contributed by atoms with Gasteiger partial charge in [-0.1, -0.05) is 231 Å². The number of pyridine rings is 1. The maximum atomic E-state index is 11.1. The molecule has 32 rings (SSSR count). The number of nitrogens with zero attached hydrogens (tertiary/aromatic N) is 14. The zero-order valence-electron chi connectivity index (χ0n) is 71.1. The van der Waals surface area contributed by atoms with Crippen molar-refractivity contribution in [2.24, 2.45) is 0 Å². The van der Waals surface area contributed by atoms with Gasteiger partial charge in [-0.25, -0.2) is 29.9 Å². The van der Waals surface area contributed by atoms with Gasteiger partial charge in [0, 0.05) is 131 Å². The van der Waals surface area contributed by atoms with Crippen LogP contribution in [0, 0.1) is 11.3 Å². The highest BCUT2D eigenvalue weighted by atomic mass is 15.2. The first-order valence-electron chi connectivity index (χ1n) is 45.4. The zero-order valence-corrected chi connectivity index (χ0v) is 71.1. The van der Waals surface area contributed by atoms with Gasteiger partial charge < -0.3 is 13.2 Å². The Kier molecular flexibility index (Phi) is 13.4. The first kappa shape index (κ1) is 70.5. The van der Waals surface area contributed by atoms with Crippen LogP contribution >= 0.6 is 0 Å². The van der Waals surface area contributed by atoms with Crippen molar-refractivity contribution in [3.8, 4) is 68.4 Å². The van der Waals surface area contributed by atoms with Crippen molar-refractivity contribution in [1.29, 1.82) is 5.26 Å². The van der Waals surface area contributed by atoms with Crippen LogP contribution in [0.2, 0.25) is 0 Å². The Bertz CT molecular complexity index is 11100. The van der Waals surface area contributed by atoms with Gasteiger partial charge in [0.15, 0.2) is 17.3 Å². The number of hydrogen-bond acceptors (Lipinski definition) is 8. The Morgan fingerprint density at radius 1 is 0.209 bits per heavy atom. The molecule has 13 aromatic heterocycles. The van der Waals surface area contributed by atoms with Crippen LogP contribution in [0.1, 0.15) is 5.69 Å². The molecule has 0 aliphatic heterocycles. The summed E-state index contributed by atoms with van der Waals surface area (Å²) in [7, 11) is 0. The molecule has 14 nitrogen and oxygen atoms in total. The third-order valence-corrected chi connectivity index (χ3v) is 29.3. The number of nitriles is 1. The molecule has 0 atom stereocenters. The van der Waals surface area contributed by atoms with Gasteiger partial charge in [0.1, 0.15) is 11.8 Å². The van der Waals surface area contributed by atoms with E-state index >= 15 is 0 Å². The van der Waals surface area contributed by atoms with E-state index in [9.17, 15) is 5.26 Å². The van der Waals surface area contributed by atoms with E-state index in [1.807, 2.05) is 36.7 Å². The molecule has 612 valence electrons. The Hall–Kier alpha value is -18.6. The summed E-state index contributed by atoms with van der Waals surface area (Å²) >= 11 is 0. The fourth-order valence-corrected chi connectivity index (χ4v) is 23.8. The first-order chi connectivity index (χ1) is 66.4. The molecule has 0 aliphatic rings. The number of para-hydroxylation sites is 7. The topological polar surface area (TPSA) is 142 Å². The van der Waals surface area contributed by atoms with Crippen LogP contribution in [-0.4, -0.2) is 61.8 Å². The second kappa shape index (κ2) is 25.5. The molecule has 32 aromatic rings. The van der Waals surface area contributed by atoms with E-state index in [0.29, 0.717) is 22.8 Å². The highest BCUT2D eigenvalue weighted by Crippen LogP contribution is 2.54. The van der Waals surface area contributed by atoms with E-state index in [1.165, 1.54) is 38.0 Å². The van der Waals surface area contributed by atoms with Gasteiger partial charge >= 0.3 is 0 Å². The summed E-state index contributed by atoms with van der Waals surface area (Å²) in [4.78, 5) is 38.9. The molecular weight excluding hydrogens is 1640 g/mol. The molecule has 134 heavy (non-hydrogen) atoms. The van der Waals surface area contributed by atoms with Crippen molar-refractivity contribution in [2.45, 2.75) is 0 Å². The van der Waals surface area contributed by atoms with Crippen LogP contribution in [0.3, 0.4) is 0 Å². The van der Waals surface area contributed by atoms with E-state index in [-0.39, 0.29) is 5.69 Å². The smallest absolute Gasteiger partial charge is 0.235 e. The van der Waals surface area contributed by atoms with Crippen LogP contribution < -0.4 is 0 Å². The third-order valence-electron chi connectivity index (χ3n) is 29.3. The molecule has 14 heteroatoms. The van der Waals surface area contributed by atoms with Gasteiger partial charge in [-0.15, -0.1) is 0 Å². The third kappa shape index (κ3) is 9.12. The summed E-state index contributed by atoms with van der Waals surface area (Å²) in [6.45, 7) is 0. The summed E-state index contributed by atoms with van der Waals surface area (Å²) in [5, 5.41) is 39.2. The second-order valence-corrected chi connectivity index (χ2v) is 36.1. The van der Waals surface area contributed by atoms with Crippen LogP contribution in [0.25, 0.3) is 307 Å². The predicted octanol–water partition coefficient (Wildman–Crippen LogP) is 29.7. The molecule has 0 fully saturated rings. The van der Waals surface area contributed by atoms with E-state index in [1.54, 1.807) is 0 Å². The molecule has 0 aliphatic carbocycles. The molecule has 0 bridgehead atoms. The first-order valence-corrected chi connectivity index (χ1v) is 45.4. The zero-order chi connectivity index (χ0) is 86.9. The van der Waals surface area contributed by atoms with Crippen molar-refractivity contribution < 1.29 is 0 Å². The standard InChI is InChI=1S/C120H62N14/c121-61-96-118(125-93-39-17-16-38-92(93)123-96)132-103-55-68-28-7-4-26-66(68)51-83(103)89-60-90-106-75(36-22-44-102(106)131-100-43-21-14-35-80(100)109(114(89)132)117(90)131)72-45-47-94-95(54-72)124-111(64-23-2-1-3-24-64)119(126-94)133-104-56-69-29-8-5-25-65(69)50-82(104)87-59-86-81-53-71(46-48-101(81)130-99-42-20-12-33-78(99)107(113(86)130)115(87)133)73-49-74(63-122-62-73)110-77-32-10-15-37-91(77)127-120(128-110)134-105-57-70-30-9-6-27-67(70)52-84(105)88-58-85-76-31-11-18-40-97(76)129-98-41-19-13-34-79(98)108(112(85)129)116(88)134/h1-60,62-63H. The number of hydrogen-bond donors (Lipinski definition) is 0. The van der Waals surface area contributed by atoms with Gasteiger partial charge in [0.2, 0.25) is 5.95 Å². The van der Waals surface area contributed by atoms with Crippen LogP contribution in [-0.2, 0) is 0 Å². The maximum Gasteiger partial charge on any atom is 0.235 e. The summed E-state index contributed by atoms with van der Waals surface area (Å²) in [6, 6.07) is 135.